The van der Waals surface area contributed by atoms with Gasteiger partial charge < -0.3 is 5.32 Å². The van der Waals surface area contributed by atoms with E-state index in [2.05, 4.69) is 26.2 Å². The zero-order valence-corrected chi connectivity index (χ0v) is 16.2. The van der Waals surface area contributed by atoms with Crippen molar-refractivity contribution in [3.8, 4) is 0 Å². The molecule has 1 aliphatic heterocycles. The summed E-state index contributed by atoms with van der Waals surface area (Å²) in [5.41, 5.74) is 1.22. The van der Waals surface area contributed by atoms with Crippen molar-refractivity contribution in [1.29, 1.82) is 0 Å². The first-order valence-electron chi connectivity index (χ1n) is 7.76. The Balaban J connectivity index is 1.65. The van der Waals surface area contributed by atoms with Gasteiger partial charge in [-0.2, -0.15) is 0 Å². The van der Waals surface area contributed by atoms with Crippen LogP contribution >= 0.6 is 27.7 Å². The van der Waals surface area contributed by atoms with Crippen LogP contribution in [0.15, 0.2) is 58.0 Å². The van der Waals surface area contributed by atoms with Crippen LogP contribution in [0.3, 0.4) is 0 Å². The van der Waals surface area contributed by atoms with Crippen molar-refractivity contribution in [2.24, 2.45) is 4.99 Å². The molecule has 1 saturated heterocycles. The molecule has 2 aromatic carbocycles. The molecule has 1 aliphatic rings. The molecule has 134 valence electrons. The second kappa shape index (κ2) is 8.01. The number of amidine groups is 1. The van der Waals surface area contributed by atoms with Crippen molar-refractivity contribution >= 4 is 56.0 Å². The molecule has 2 amide bonds. The Bertz CT molecular complexity index is 856. The number of nitrogens with zero attached hydrogens (tertiary/aromatic N) is 2. The van der Waals surface area contributed by atoms with Gasteiger partial charge in [0.05, 0.1) is 5.69 Å². The van der Waals surface area contributed by atoms with Crippen molar-refractivity contribution in [3.05, 3.63) is 58.8 Å². The van der Waals surface area contributed by atoms with Crippen molar-refractivity contribution in [1.82, 2.24) is 4.90 Å². The van der Waals surface area contributed by atoms with E-state index in [-0.39, 0.29) is 24.1 Å². The third kappa shape index (κ3) is 4.50. The summed E-state index contributed by atoms with van der Waals surface area (Å²) in [5.74, 6) is -0.767. The van der Waals surface area contributed by atoms with Crippen LogP contribution in [0.5, 0.6) is 0 Å². The van der Waals surface area contributed by atoms with Gasteiger partial charge in [0.25, 0.3) is 0 Å². The molecule has 0 aromatic heterocycles. The van der Waals surface area contributed by atoms with Crippen molar-refractivity contribution in [3.63, 3.8) is 0 Å². The molecule has 1 atom stereocenters. The predicted molar refractivity (Wildman–Crippen MR) is 105 cm³/mol. The highest BCUT2D eigenvalue weighted by Gasteiger charge is 2.36. The summed E-state index contributed by atoms with van der Waals surface area (Å²) < 4.78 is 13.9. The van der Waals surface area contributed by atoms with Crippen LogP contribution in [-0.2, 0) is 9.59 Å². The minimum Gasteiger partial charge on any atom is -0.326 e. The number of rotatable bonds is 4. The number of amides is 2. The fraction of sp³-hybridized carbons (Fsp3) is 0.167. The first-order valence-corrected chi connectivity index (χ1v) is 9.43. The largest absolute Gasteiger partial charge is 0.326 e. The van der Waals surface area contributed by atoms with Crippen LogP contribution in [0.25, 0.3) is 0 Å². The lowest BCUT2D eigenvalue weighted by atomic mass is 10.2. The molecular weight excluding hydrogens is 421 g/mol. The van der Waals surface area contributed by atoms with Gasteiger partial charge >= 0.3 is 0 Å². The molecule has 8 heteroatoms. The highest BCUT2D eigenvalue weighted by molar-refractivity contribution is 9.10. The Morgan fingerprint density at radius 2 is 1.88 bits per heavy atom. The highest BCUT2D eigenvalue weighted by atomic mass is 79.9. The van der Waals surface area contributed by atoms with Gasteiger partial charge in [0.2, 0.25) is 11.8 Å². The van der Waals surface area contributed by atoms with E-state index in [1.54, 1.807) is 19.2 Å². The molecule has 0 aliphatic carbocycles. The normalized spacial score (nSPS) is 18.4. The Hall–Kier alpha value is -2.19. The minimum absolute atomic E-state index is 0.0480. The maximum Gasteiger partial charge on any atom is 0.242 e. The van der Waals surface area contributed by atoms with Gasteiger partial charge in [-0.3, -0.25) is 14.5 Å². The number of halogens is 2. The fourth-order valence-electron chi connectivity index (χ4n) is 2.34. The van der Waals surface area contributed by atoms with Gasteiger partial charge in [0.15, 0.2) is 5.17 Å². The maximum atomic E-state index is 13.0. The van der Waals surface area contributed by atoms with E-state index < -0.39 is 5.25 Å². The zero-order chi connectivity index (χ0) is 18.7. The number of hydrogen-bond acceptors (Lipinski definition) is 4. The molecule has 0 spiro atoms. The summed E-state index contributed by atoms with van der Waals surface area (Å²) in [7, 11) is 1.62. The molecule has 1 fully saturated rings. The third-order valence-electron chi connectivity index (χ3n) is 3.69. The van der Waals surface area contributed by atoms with Crippen LogP contribution in [0.1, 0.15) is 6.42 Å². The zero-order valence-electron chi connectivity index (χ0n) is 13.8. The topological polar surface area (TPSA) is 61.8 Å². The molecule has 2 aromatic rings. The van der Waals surface area contributed by atoms with Gasteiger partial charge in [-0.1, -0.05) is 27.7 Å². The quantitative estimate of drug-likeness (QED) is 0.783. The summed E-state index contributed by atoms with van der Waals surface area (Å²) in [5, 5.41) is 2.73. The van der Waals surface area contributed by atoms with Gasteiger partial charge in [-0.25, -0.2) is 9.38 Å². The van der Waals surface area contributed by atoms with Crippen molar-refractivity contribution in [2.45, 2.75) is 11.7 Å². The molecule has 26 heavy (non-hydrogen) atoms. The fourth-order valence-corrected chi connectivity index (χ4v) is 3.76. The van der Waals surface area contributed by atoms with Crippen molar-refractivity contribution in [2.75, 3.05) is 12.4 Å². The average molecular weight is 436 g/mol. The number of carbonyl (C=O) groups is 2. The molecule has 1 heterocycles. The second-order valence-corrected chi connectivity index (χ2v) is 7.72. The SMILES string of the molecule is CN1C(=O)C(CC(=O)Nc2ccc(Br)cc2)SC1=Nc1ccc(F)cc1. The molecule has 0 radical (unpaired) electrons. The second-order valence-electron chi connectivity index (χ2n) is 5.63. The molecule has 3 rings (SSSR count). The van der Waals surface area contributed by atoms with Crippen LogP contribution in [0, 0.1) is 5.82 Å². The molecule has 0 saturated carbocycles. The first-order chi connectivity index (χ1) is 12.4. The number of nitrogens with one attached hydrogen (secondary N) is 1. The number of thioether (sulfide) groups is 1. The van der Waals surface area contributed by atoms with Gasteiger partial charge in [0.1, 0.15) is 11.1 Å². The Kier molecular flexibility index (Phi) is 5.73. The molecule has 0 bridgehead atoms. The summed E-state index contributed by atoms with van der Waals surface area (Å²) in [6.45, 7) is 0. The lowest BCUT2D eigenvalue weighted by Crippen LogP contribution is -2.30. The van der Waals surface area contributed by atoms with E-state index in [1.807, 2.05) is 12.1 Å². The first kappa shape index (κ1) is 18.6. The Labute approximate surface area is 162 Å². The molecule has 1 N–H and O–H groups in total. The molecular formula is C18H15BrFN3O2S. The van der Waals surface area contributed by atoms with Gasteiger partial charge in [-0.05, 0) is 48.5 Å². The number of aliphatic imine (C=N–C) groups is 1. The highest BCUT2D eigenvalue weighted by Crippen LogP contribution is 2.30. The number of benzene rings is 2. The summed E-state index contributed by atoms with van der Waals surface area (Å²) in [6.07, 6.45) is 0.0480. The predicted octanol–water partition coefficient (Wildman–Crippen LogP) is 4.18. The van der Waals surface area contributed by atoms with Crippen LogP contribution in [0.4, 0.5) is 15.8 Å². The van der Waals surface area contributed by atoms with Crippen LogP contribution in [-0.4, -0.2) is 34.2 Å². The maximum absolute atomic E-state index is 13.0. The number of carbonyl (C=O) groups excluding carboxylic acids is 2. The minimum atomic E-state index is -0.533. The van der Waals surface area contributed by atoms with Gasteiger partial charge in [-0.15, -0.1) is 0 Å². The van der Waals surface area contributed by atoms with Crippen LogP contribution in [0.2, 0.25) is 0 Å². The van der Waals surface area contributed by atoms with Crippen LogP contribution < -0.4 is 5.32 Å². The standard InChI is InChI=1S/C18H15BrFN3O2S/c1-23-17(25)15(10-16(24)21-13-6-2-11(19)3-7-13)26-18(23)22-14-8-4-12(20)5-9-14/h2-9,15H,10H2,1H3,(H,21,24). The Morgan fingerprint density at radius 3 is 2.54 bits per heavy atom. The van der Waals surface area contributed by atoms with E-state index in [1.165, 1.54) is 40.9 Å². The van der Waals surface area contributed by atoms with Crippen molar-refractivity contribution < 1.29 is 14.0 Å². The smallest absolute Gasteiger partial charge is 0.242 e. The summed E-state index contributed by atoms with van der Waals surface area (Å²) in [4.78, 5) is 30.4. The van der Waals surface area contributed by atoms with E-state index in [0.717, 1.165) is 4.47 Å². The Morgan fingerprint density at radius 1 is 1.23 bits per heavy atom. The average Bonchev–Trinajstić information content (AvgIpc) is 2.87. The third-order valence-corrected chi connectivity index (χ3v) is 5.45. The summed E-state index contributed by atoms with van der Waals surface area (Å²) in [6, 6.07) is 12.9. The van der Waals surface area contributed by atoms with E-state index >= 15 is 0 Å². The number of hydrogen-bond donors (Lipinski definition) is 1. The van der Waals surface area contributed by atoms with E-state index in [4.69, 9.17) is 0 Å². The monoisotopic (exact) mass is 435 g/mol. The summed E-state index contributed by atoms with van der Waals surface area (Å²) >= 11 is 4.57. The number of anilines is 1. The molecule has 1 unspecified atom stereocenters. The molecule has 5 nitrogen and oxygen atoms in total. The lowest BCUT2D eigenvalue weighted by Gasteiger charge is -2.09. The van der Waals surface area contributed by atoms with Gasteiger partial charge in [0, 0.05) is 23.6 Å². The van der Waals surface area contributed by atoms with E-state index in [0.29, 0.717) is 16.5 Å². The lowest BCUT2D eigenvalue weighted by molar-refractivity contribution is -0.127. The van der Waals surface area contributed by atoms with E-state index in [9.17, 15) is 14.0 Å².